The van der Waals surface area contributed by atoms with Gasteiger partial charge in [0.25, 0.3) is 0 Å². The quantitative estimate of drug-likeness (QED) is 0.286. The number of methoxy groups -OCH3 is 1. The molecule has 0 amide bonds. The van der Waals surface area contributed by atoms with Crippen LogP contribution in [-0.4, -0.2) is 19.4 Å². The first-order valence-corrected chi connectivity index (χ1v) is 14.3. The van der Waals surface area contributed by atoms with E-state index in [9.17, 15) is 4.79 Å². The van der Waals surface area contributed by atoms with Gasteiger partial charge in [-0.15, -0.1) is 0 Å². The third-order valence-electron chi connectivity index (χ3n) is 12.5. The van der Waals surface area contributed by atoms with Crippen LogP contribution in [0.3, 0.4) is 0 Å². The third kappa shape index (κ3) is 3.86. The normalized spacial score (nSPS) is 46.4. The van der Waals surface area contributed by atoms with Gasteiger partial charge in [0.2, 0.25) is 0 Å². The zero-order valence-corrected chi connectivity index (χ0v) is 23.4. The van der Waals surface area contributed by atoms with Crippen molar-refractivity contribution in [2.75, 3.05) is 7.11 Å². The predicted molar refractivity (Wildman–Crippen MR) is 139 cm³/mol. The lowest BCUT2D eigenvalue weighted by atomic mass is 9.40. The van der Waals surface area contributed by atoms with Crippen LogP contribution in [0.15, 0.2) is 12.2 Å². The summed E-state index contributed by atoms with van der Waals surface area (Å²) in [7, 11) is 1.40. The highest BCUT2D eigenvalue weighted by Crippen LogP contribution is 2.76. The Morgan fingerprint density at radius 3 is 2.38 bits per heavy atom. The molecule has 0 spiro atoms. The van der Waals surface area contributed by atoms with Crippen molar-refractivity contribution in [3.05, 3.63) is 12.2 Å². The number of carbonyl (C=O) groups excluding carboxylic acids is 1. The maximum absolute atomic E-state index is 11.7. The lowest BCUT2D eigenvalue weighted by Gasteiger charge is -2.65. The monoisotopic (exact) mass is 472 g/mol. The summed E-state index contributed by atoms with van der Waals surface area (Å²) >= 11 is 0. The molecule has 0 saturated heterocycles. The fraction of sp³-hybridized carbons (Fsp3) is 0.903. The summed E-state index contributed by atoms with van der Waals surface area (Å²) in [5.41, 5.74) is 1.53. The van der Waals surface area contributed by atoms with Crippen molar-refractivity contribution >= 4 is 6.16 Å². The first-order chi connectivity index (χ1) is 15.9. The Kier molecular flexibility index (Phi) is 7.02. The van der Waals surface area contributed by atoms with Crippen molar-refractivity contribution in [1.82, 2.24) is 0 Å². The van der Waals surface area contributed by atoms with Gasteiger partial charge in [0.15, 0.2) is 0 Å². The summed E-state index contributed by atoms with van der Waals surface area (Å²) in [4.78, 5) is 11.7. The summed E-state index contributed by atoms with van der Waals surface area (Å²) in [6.45, 7) is 17.8. The molecule has 4 aliphatic rings. The van der Waals surface area contributed by atoms with Crippen molar-refractivity contribution in [2.45, 2.75) is 119 Å². The molecule has 194 valence electrons. The van der Waals surface area contributed by atoms with E-state index in [4.69, 9.17) is 9.47 Å². The second kappa shape index (κ2) is 9.15. The largest absolute Gasteiger partial charge is 0.508 e. The molecule has 3 nitrogen and oxygen atoms in total. The Morgan fingerprint density at radius 2 is 1.71 bits per heavy atom. The lowest BCUT2D eigenvalue weighted by Crippen LogP contribution is -2.58. The zero-order chi connectivity index (χ0) is 24.9. The smallest absolute Gasteiger partial charge is 0.438 e. The van der Waals surface area contributed by atoms with Crippen molar-refractivity contribution < 1.29 is 14.3 Å². The van der Waals surface area contributed by atoms with Gasteiger partial charge in [-0.1, -0.05) is 79.9 Å². The second-order valence-corrected chi connectivity index (χ2v) is 14.0. The van der Waals surface area contributed by atoms with Crippen LogP contribution >= 0.6 is 0 Å². The van der Waals surface area contributed by atoms with E-state index >= 15 is 0 Å². The first kappa shape index (κ1) is 26.1. The van der Waals surface area contributed by atoms with E-state index in [1.807, 2.05) is 0 Å². The third-order valence-corrected chi connectivity index (χ3v) is 12.5. The van der Waals surface area contributed by atoms with Crippen molar-refractivity contribution in [2.24, 2.45) is 51.2 Å². The van der Waals surface area contributed by atoms with Crippen molar-refractivity contribution in [3.8, 4) is 0 Å². The highest BCUT2D eigenvalue weighted by molar-refractivity contribution is 5.59. The average molecular weight is 473 g/mol. The summed E-state index contributed by atoms with van der Waals surface area (Å²) in [5, 5.41) is 0. The molecule has 0 N–H and O–H groups in total. The minimum absolute atomic E-state index is 0.00220. The van der Waals surface area contributed by atoms with Gasteiger partial charge < -0.3 is 9.47 Å². The molecule has 0 radical (unpaired) electrons. The summed E-state index contributed by atoms with van der Waals surface area (Å²) in [6.07, 6.45) is 17.3. The molecule has 2 unspecified atom stereocenters. The molecule has 3 fully saturated rings. The number of allylic oxidation sites excluding steroid dienone is 2. The van der Waals surface area contributed by atoms with Crippen LogP contribution in [0.2, 0.25) is 0 Å². The van der Waals surface area contributed by atoms with Gasteiger partial charge >= 0.3 is 6.16 Å². The molecule has 0 aromatic rings. The Labute approximate surface area is 209 Å². The van der Waals surface area contributed by atoms with E-state index in [1.54, 1.807) is 0 Å². The van der Waals surface area contributed by atoms with E-state index in [2.05, 4.69) is 60.6 Å². The van der Waals surface area contributed by atoms with Crippen molar-refractivity contribution in [1.29, 1.82) is 0 Å². The van der Waals surface area contributed by atoms with E-state index in [-0.39, 0.29) is 6.10 Å². The van der Waals surface area contributed by atoms with Crippen LogP contribution in [0.1, 0.15) is 113 Å². The number of carbonyl (C=O) groups is 1. The maximum atomic E-state index is 11.7. The minimum atomic E-state index is -0.528. The van der Waals surface area contributed by atoms with Gasteiger partial charge in [0.1, 0.15) is 6.10 Å². The fourth-order valence-corrected chi connectivity index (χ4v) is 9.56. The Bertz CT molecular complexity index is 788. The number of fused-ring (bicyclic) bond motifs is 5. The predicted octanol–water partition coefficient (Wildman–Crippen LogP) is 8.82. The molecule has 34 heavy (non-hydrogen) atoms. The standard InChI is InChI=1S/C31H52O3/c1-21(2)10-9-11-22(3)29(5)18-19-30(6)26-13-12-23-20-24(34-27(32)33-8)14-16-28(23,4)25(26)15-17-31(29,30)7/h12-13,21-26H,9-11,14-20H2,1-8H3/t22-,23?,24?,25+,26-,28+,29-,30+,31-/m0/s1. The molecule has 4 rings (SSSR count). The van der Waals surface area contributed by atoms with Crippen LogP contribution in [0.4, 0.5) is 4.79 Å². The minimum Gasteiger partial charge on any atom is -0.438 e. The second-order valence-electron chi connectivity index (χ2n) is 14.0. The molecule has 0 aromatic carbocycles. The molecular formula is C31H52O3. The molecule has 9 atom stereocenters. The van der Waals surface area contributed by atoms with Gasteiger partial charge in [-0.25, -0.2) is 4.79 Å². The van der Waals surface area contributed by atoms with Gasteiger partial charge in [-0.05, 0) is 96.2 Å². The number of hydrogen-bond donors (Lipinski definition) is 0. The molecule has 3 saturated carbocycles. The summed E-state index contributed by atoms with van der Waals surface area (Å²) in [5.74, 6) is 3.53. The summed E-state index contributed by atoms with van der Waals surface area (Å²) in [6, 6.07) is 0. The molecule has 0 heterocycles. The number of rotatable bonds is 6. The SMILES string of the molecule is COC(=O)OC1CC[C@]2(C)C(C=C[C@H]3[C@H]2CC[C@@]2(C)[C@](C)([C@@H](C)CCCC(C)C)CC[C@]32C)C1. The van der Waals surface area contributed by atoms with Crippen LogP contribution in [0, 0.1) is 51.2 Å². The van der Waals surface area contributed by atoms with E-state index in [0.29, 0.717) is 33.5 Å². The highest BCUT2D eigenvalue weighted by atomic mass is 16.7. The Morgan fingerprint density at radius 1 is 0.971 bits per heavy atom. The van der Waals surface area contributed by atoms with Crippen LogP contribution in [0.25, 0.3) is 0 Å². The Balaban J connectivity index is 1.55. The lowest BCUT2D eigenvalue weighted by molar-refractivity contribution is -0.145. The zero-order valence-electron chi connectivity index (χ0n) is 23.4. The Hall–Kier alpha value is -0.990. The van der Waals surface area contributed by atoms with E-state index < -0.39 is 6.16 Å². The van der Waals surface area contributed by atoms with Crippen LogP contribution < -0.4 is 0 Å². The van der Waals surface area contributed by atoms with Gasteiger partial charge in [0, 0.05) is 0 Å². The molecule has 0 aromatic heterocycles. The number of hydrogen-bond acceptors (Lipinski definition) is 3. The number of ether oxygens (including phenoxy) is 2. The van der Waals surface area contributed by atoms with Crippen LogP contribution in [0.5, 0.6) is 0 Å². The molecule has 0 aliphatic heterocycles. The molecule has 4 aliphatic carbocycles. The fourth-order valence-electron chi connectivity index (χ4n) is 9.56. The van der Waals surface area contributed by atoms with Gasteiger partial charge in [-0.3, -0.25) is 0 Å². The molecule has 0 bridgehead atoms. The maximum Gasteiger partial charge on any atom is 0.508 e. The van der Waals surface area contributed by atoms with Gasteiger partial charge in [-0.2, -0.15) is 0 Å². The van der Waals surface area contributed by atoms with E-state index in [0.717, 1.165) is 37.0 Å². The molecule has 3 heteroatoms. The first-order valence-electron chi connectivity index (χ1n) is 14.3. The van der Waals surface area contributed by atoms with Gasteiger partial charge in [0.05, 0.1) is 7.11 Å². The van der Waals surface area contributed by atoms with E-state index in [1.165, 1.54) is 52.1 Å². The molecular weight excluding hydrogens is 420 g/mol. The summed E-state index contributed by atoms with van der Waals surface area (Å²) < 4.78 is 10.3. The average Bonchev–Trinajstić information content (AvgIpc) is 3.01. The highest BCUT2D eigenvalue weighted by Gasteiger charge is 2.68. The van der Waals surface area contributed by atoms with Crippen molar-refractivity contribution in [3.63, 3.8) is 0 Å². The topological polar surface area (TPSA) is 35.5 Å². The van der Waals surface area contributed by atoms with Crippen LogP contribution in [-0.2, 0) is 9.47 Å².